The minimum atomic E-state index is -5.09. The number of imidazole rings is 2. The zero-order chi connectivity index (χ0) is 31.3. The number of H-pyrrole nitrogens is 2. The van der Waals surface area contributed by atoms with Crippen molar-refractivity contribution in [2.75, 3.05) is 18.9 Å². The van der Waals surface area contributed by atoms with Gasteiger partial charge in [-0.3, -0.25) is 32.8 Å². The highest BCUT2D eigenvalue weighted by Crippen LogP contribution is 2.50. The number of phosphoric ester groups is 1. The summed E-state index contributed by atoms with van der Waals surface area (Å²) in [6.45, 7) is -1.42. The number of fused-ring (bicyclic) bond motifs is 2. The summed E-state index contributed by atoms with van der Waals surface area (Å²) in [6, 6.07) is 0. The lowest BCUT2D eigenvalue weighted by atomic mass is 10.1. The summed E-state index contributed by atoms with van der Waals surface area (Å²) in [6.07, 6.45) is -5.86. The molecular formula is C20H24N9O13P2+. The molecule has 8 N–H and O–H groups in total. The van der Waals surface area contributed by atoms with Crippen LogP contribution in [0.2, 0.25) is 0 Å². The van der Waals surface area contributed by atoms with E-state index in [1.165, 1.54) is 10.9 Å². The first-order valence-corrected chi connectivity index (χ1v) is 15.3. The molecule has 0 aliphatic carbocycles. The van der Waals surface area contributed by atoms with Gasteiger partial charge < -0.3 is 35.3 Å². The van der Waals surface area contributed by atoms with Crippen LogP contribution in [0.4, 0.5) is 5.95 Å². The molecule has 22 nitrogen and oxygen atoms in total. The number of aliphatic hydroxyl groups is 2. The van der Waals surface area contributed by atoms with Crippen LogP contribution in [-0.4, -0.2) is 103 Å². The number of hydrogen-bond acceptors (Lipinski definition) is 16. The highest BCUT2D eigenvalue weighted by Gasteiger charge is 2.50. The number of nitrogens with one attached hydrogen (secondary N) is 2. The normalized spacial score (nSPS) is 29.0. The molecule has 9 atom stereocenters. The molecule has 5 unspecified atom stereocenters. The van der Waals surface area contributed by atoms with Gasteiger partial charge in [0.25, 0.3) is 11.1 Å². The van der Waals surface area contributed by atoms with Gasteiger partial charge in [0.15, 0.2) is 28.6 Å². The van der Waals surface area contributed by atoms with Gasteiger partial charge in [0, 0.05) is 11.0 Å². The van der Waals surface area contributed by atoms with Crippen molar-refractivity contribution >= 4 is 44.4 Å². The van der Waals surface area contributed by atoms with E-state index in [1.54, 1.807) is 0 Å². The predicted molar refractivity (Wildman–Crippen MR) is 142 cm³/mol. The Morgan fingerprint density at radius 3 is 2.57 bits per heavy atom. The van der Waals surface area contributed by atoms with Gasteiger partial charge in [0.2, 0.25) is 5.95 Å². The molecule has 6 heterocycles. The molecule has 236 valence electrons. The van der Waals surface area contributed by atoms with Crippen LogP contribution in [0.15, 0.2) is 28.6 Å². The minimum Gasteiger partial charge on any atom is -0.394 e. The zero-order valence-electron chi connectivity index (χ0n) is 22.0. The summed E-state index contributed by atoms with van der Waals surface area (Å²) in [5, 5.41) is 20.4. The Bertz CT molecular complexity index is 1880. The Labute approximate surface area is 243 Å². The number of aromatic nitrogens is 8. The van der Waals surface area contributed by atoms with E-state index in [-0.39, 0.29) is 34.7 Å². The van der Waals surface area contributed by atoms with E-state index < -0.39 is 83.4 Å². The molecule has 0 amide bonds. The smallest absolute Gasteiger partial charge is 0.394 e. The second-order valence-corrected chi connectivity index (χ2v) is 11.7. The molecule has 44 heavy (non-hydrogen) atoms. The highest BCUT2D eigenvalue weighted by molar-refractivity contribution is 7.47. The summed E-state index contributed by atoms with van der Waals surface area (Å²) in [7, 11) is -8.22. The van der Waals surface area contributed by atoms with Crippen LogP contribution in [-0.2, 0) is 32.2 Å². The standard InChI is InChI=1S/C20H23N9O13P2/c21-20-26-16-12(18(33)27-20)25-6-29(16)19-14(13(31)8(2-30)40-19)42-44(36,37)38-3-9-7(41-43(34)35)1-10(39-9)28-5-24-11-15(28)22-4-23-17(11)32/h4-10,13-14,19,30-31H,1-3H2,(H5-,21,22,23,26,27,32,33,34,35,36,37)/p+1/t7?,8-,9-,10-,13?,14?,19-/m1/s1. The van der Waals surface area contributed by atoms with Crippen molar-refractivity contribution in [1.29, 1.82) is 0 Å². The topological polar surface area (TPSA) is 314 Å². The summed E-state index contributed by atoms with van der Waals surface area (Å²) >= 11 is 0. The number of nitrogen functional groups attached to an aromatic ring is 1. The van der Waals surface area contributed by atoms with E-state index >= 15 is 0 Å². The van der Waals surface area contributed by atoms with Crippen LogP contribution in [0.25, 0.3) is 22.3 Å². The highest BCUT2D eigenvalue weighted by atomic mass is 31.2. The fourth-order valence-corrected chi connectivity index (χ4v) is 6.40. The van der Waals surface area contributed by atoms with Gasteiger partial charge in [-0.05, 0) is 0 Å². The van der Waals surface area contributed by atoms with Crippen LogP contribution >= 0.6 is 16.1 Å². The molecule has 2 saturated heterocycles. The van der Waals surface area contributed by atoms with Gasteiger partial charge in [-0.15, -0.1) is 9.42 Å². The third kappa shape index (κ3) is 5.69. The Morgan fingerprint density at radius 2 is 1.84 bits per heavy atom. The lowest BCUT2D eigenvalue weighted by Crippen LogP contribution is -2.35. The van der Waals surface area contributed by atoms with Gasteiger partial charge in [-0.2, -0.15) is 4.98 Å². The molecule has 0 radical (unpaired) electrons. The Kier molecular flexibility index (Phi) is 8.15. The first kappa shape index (κ1) is 30.5. The number of aromatic amines is 2. The molecule has 4 aromatic rings. The van der Waals surface area contributed by atoms with Crippen LogP contribution in [0.3, 0.4) is 0 Å². The fraction of sp³-hybridized carbons (Fsp3) is 0.500. The lowest BCUT2D eigenvalue weighted by Gasteiger charge is -2.24. The van der Waals surface area contributed by atoms with E-state index in [4.69, 9.17) is 28.8 Å². The van der Waals surface area contributed by atoms with Crippen LogP contribution in [0.5, 0.6) is 0 Å². The van der Waals surface area contributed by atoms with E-state index in [9.17, 15) is 38.7 Å². The third-order valence-electron chi connectivity index (χ3n) is 6.96. The van der Waals surface area contributed by atoms with Crippen LogP contribution in [0.1, 0.15) is 18.9 Å². The number of nitrogens with two attached hydrogens (primary N) is 1. The first-order chi connectivity index (χ1) is 21.0. The average Bonchev–Trinajstić information content (AvgIpc) is 3.73. The van der Waals surface area contributed by atoms with Crippen molar-refractivity contribution in [3.63, 3.8) is 0 Å². The molecule has 24 heteroatoms. The van der Waals surface area contributed by atoms with Crippen LogP contribution < -0.4 is 16.9 Å². The number of hydrogen-bond donors (Lipinski definition) is 7. The molecule has 6 rings (SSSR count). The molecule has 2 aliphatic rings. The molecule has 4 aromatic heterocycles. The molecular weight excluding hydrogens is 636 g/mol. The zero-order valence-corrected chi connectivity index (χ0v) is 23.8. The number of anilines is 1. The number of aliphatic hydroxyl groups excluding tert-OH is 2. The molecule has 2 fully saturated rings. The Hall–Kier alpha value is -3.53. The van der Waals surface area contributed by atoms with Crippen molar-refractivity contribution < 1.29 is 52.2 Å². The summed E-state index contributed by atoms with van der Waals surface area (Å²) in [5.41, 5.74) is 4.34. The van der Waals surface area contributed by atoms with Crippen molar-refractivity contribution in [2.24, 2.45) is 0 Å². The maximum Gasteiger partial charge on any atom is 0.695 e. The summed E-state index contributed by atoms with van der Waals surface area (Å²) in [5.74, 6) is -0.266. The lowest BCUT2D eigenvalue weighted by molar-refractivity contribution is -0.0579. The van der Waals surface area contributed by atoms with Gasteiger partial charge >= 0.3 is 16.1 Å². The second kappa shape index (κ2) is 11.8. The van der Waals surface area contributed by atoms with Gasteiger partial charge in [0.1, 0.15) is 36.7 Å². The quantitative estimate of drug-likeness (QED) is 0.0896. The van der Waals surface area contributed by atoms with E-state index in [0.29, 0.717) is 0 Å². The second-order valence-electron chi connectivity index (χ2n) is 9.65. The van der Waals surface area contributed by atoms with Gasteiger partial charge in [0.05, 0.1) is 32.2 Å². The van der Waals surface area contributed by atoms with Crippen molar-refractivity contribution in [1.82, 2.24) is 39.0 Å². The predicted octanol–water partition coefficient (Wildman–Crippen LogP) is -2.09. The van der Waals surface area contributed by atoms with Crippen LogP contribution in [0, 0.1) is 0 Å². The first-order valence-electron chi connectivity index (χ1n) is 12.7. The number of rotatable bonds is 10. The SMILES string of the molecule is Nc1nc2c(ncn2[C@@H]2O[C@H](CO)C(O)C2OP(=O)(O)OC[C@H]2O[C@@H](n3cnc4c(=O)[nH]cnc43)CC2O[P+](=O)O)c(=O)[nH]1. The molecule has 0 spiro atoms. The minimum absolute atomic E-state index is 0.0102. The number of phosphoric acid groups is 1. The van der Waals surface area contributed by atoms with Crippen molar-refractivity contribution in [3.8, 4) is 0 Å². The van der Waals surface area contributed by atoms with E-state index in [2.05, 4.69) is 29.9 Å². The van der Waals surface area contributed by atoms with E-state index in [0.717, 1.165) is 17.2 Å². The Balaban J connectivity index is 1.21. The summed E-state index contributed by atoms with van der Waals surface area (Å²) < 4.78 is 54.0. The van der Waals surface area contributed by atoms with Gasteiger partial charge in [-0.1, -0.05) is 0 Å². The van der Waals surface area contributed by atoms with E-state index in [1.807, 2.05) is 0 Å². The molecule has 0 saturated carbocycles. The number of nitrogens with zero attached hydrogens (tertiary/aromatic N) is 6. The number of ether oxygens (including phenoxy) is 2. The molecule has 0 bridgehead atoms. The third-order valence-corrected chi connectivity index (χ3v) is 8.39. The fourth-order valence-electron chi connectivity index (χ4n) is 5.01. The molecule has 0 aromatic carbocycles. The van der Waals surface area contributed by atoms with Crippen molar-refractivity contribution in [3.05, 3.63) is 39.7 Å². The maximum absolute atomic E-state index is 13.1. The maximum atomic E-state index is 13.1. The van der Waals surface area contributed by atoms with Gasteiger partial charge in [-0.25, -0.2) is 19.5 Å². The summed E-state index contributed by atoms with van der Waals surface area (Å²) in [4.78, 5) is 64.9. The van der Waals surface area contributed by atoms with Crippen molar-refractivity contribution in [2.45, 2.75) is 49.4 Å². The average molecular weight is 660 g/mol. The largest absolute Gasteiger partial charge is 0.695 e. The Morgan fingerprint density at radius 1 is 1.11 bits per heavy atom. The monoisotopic (exact) mass is 660 g/mol. The molecule has 2 aliphatic heterocycles.